The molecule has 1 aromatic rings. The number of hydrogen-bond acceptors (Lipinski definition) is 4. The van der Waals surface area contributed by atoms with Crippen molar-refractivity contribution in [3.05, 3.63) is 29.3 Å². The topological polar surface area (TPSA) is 47.6 Å². The van der Waals surface area contributed by atoms with Gasteiger partial charge >= 0.3 is 5.97 Å². The van der Waals surface area contributed by atoms with E-state index in [1.807, 2.05) is 0 Å². The fraction of sp³-hybridized carbons (Fsp3) is 0.533. The highest BCUT2D eigenvalue weighted by atomic mass is 16.5. The summed E-state index contributed by atoms with van der Waals surface area (Å²) in [4.78, 5) is 10.9. The molecule has 0 fully saturated rings. The van der Waals surface area contributed by atoms with Crippen LogP contribution in [-0.2, 0) is 22.4 Å². The van der Waals surface area contributed by atoms with Gasteiger partial charge in [-0.1, -0.05) is 25.5 Å². The van der Waals surface area contributed by atoms with Gasteiger partial charge in [0.1, 0.15) is 5.75 Å². The molecule has 1 rings (SSSR count). The zero-order chi connectivity index (χ0) is 14.1. The van der Waals surface area contributed by atoms with E-state index in [4.69, 9.17) is 4.74 Å². The minimum Gasteiger partial charge on any atom is -0.496 e. The maximum Gasteiger partial charge on any atom is 0.319 e. The van der Waals surface area contributed by atoms with Gasteiger partial charge in [0, 0.05) is 0 Å². The number of benzene rings is 1. The summed E-state index contributed by atoms with van der Waals surface area (Å²) >= 11 is 0. The molecule has 0 amide bonds. The molecule has 0 atom stereocenters. The third-order valence-corrected chi connectivity index (χ3v) is 2.96. The second-order valence-electron chi connectivity index (χ2n) is 4.40. The van der Waals surface area contributed by atoms with E-state index in [1.54, 1.807) is 7.11 Å². The second kappa shape index (κ2) is 8.53. The predicted octanol–water partition coefficient (Wildman–Crippen LogP) is 1.95. The minimum atomic E-state index is -0.240. The summed E-state index contributed by atoms with van der Waals surface area (Å²) in [5.41, 5.74) is 2.45. The number of rotatable bonds is 8. The van der Waals surface area contributed by atoms with Crippen molar-refractivity contribution in [2.24, 2.45) is 0 Å². The molecule has 0 saturated carbocycles. The van der Waals surface area contributed by atoms with E-state index in [0.717, 1.165) is 31.6 Å². The molecule has 19 heavy (non-hydrogen) atoms. The molecule has 4 heteroatoms. The maximum absolute atomic E-state index is 10.9. The number of ether oxygens (including phenoxy) is 2. The maximum atomic E-state index is 10.9. The van der Waals surface area contributed by atoms with Crippen molar-refractivity contribution in [2.75, 3.05) is 27.3 Å². The molecule has 0 heterocycles. The molecule has 0 aliphatic rings. The fourth-order valence-corrected chi connectivity index (χ4v) is 1.92. The van der Waals surface area contributed by atoms with Gasteiger partial charge in [0.15, 0.2) is 0 Å². The largest absolute Gasteiger partial charge is 0.496 e. The van der Waals surface area contributed by atoms with Crippen LogP contribution in [0.5, 0.6) is 5.75 Å². The van der Waals surface area contributed by atoms with Crippen molar-refractivity contribution in [3.8, 4) is 5.75 Å². The number of esters is 1. The van der Waals surface area contributed by atoms with Crippen molar-refractivity contribution >= 4 is 5.97 Å². The molecule has 0 saturated heterocycles. The van der Waals surface area contributed by atoms with E-state index in [2.05, 4.69) is 35.2 Å². The smallest absolute Gasteiger partial charge is 0.319 e. The summed E-state index contributed by atoms with van der Waals surface area (Å²) in [6.07, 6.45) is 3.00. The predicted molar refractivity (Wildman–Crippen MR) is 75.6 cm³/mol. The third kappa shape index (κ3) is 5.30. The lowest BCUT2D eigenvalue weighted by molar-refractivity contribution is -0.139. The molecular weight excluding hydrogens is 242 g/mol. The highest BCUT2D eigenvalue weighted by Crippen LogP contribution is 2.21. The van der Waals surface area contributed by atoms with Crippen LogP contribution in [0.1, 0.15) is 24.5 Å². The molecule has 0 radical (unpaired) electrons. The molecule has 0 bridgehead atoms. The average molecular weight is 265 g/mol. The van der Waals surface area contributed by atoms with Gasteiger partial charge < -0.3 is 14.8 Å². The highest BCUT2D eigenvalue weighted by Gasteiger charge is 2.04. The Bertz CT molecular complexity index is 404. The molecule has 0 aliphatic heterocycles. The highest BCUT2D eigenvalue weighted by molar-refractivity contribution is 5.71. The summed E-state index contributed by atoms with van der Waals surface area (Å²) in [7, 11) is 3.09. The zero-order valence-corrected chi connectivity index (χ0v) is 12.0. The van der Waals surface area contributed by atoms with Crippen molar-refractivity contribution in [2.45, 2.75) is 26.2 Å². The van der Waals surface area contributed by atoms with Crippen LogP contribution in [0.2, 0.25) is 0 Å². The standard InChI is InChI=1S/C15H23NO3/c1-4-5-13-7-6-12(10-14(13)18-2)8-9-16-11-15(17)19-3/h6-7,10,16H,4-5,8-9,11H2,1-3H3. The van der Waals surface area contributed by atoms with Crippen LogP contribution in [-0.4, -0.2) is 33.3 Å². The van der Waals surface area contributed by atoms with Gasteiger partial charge in [-0.2, -0.15) is 0 Å². The molecule has 0 aromatic heterocycles. The monoisotopic (exact) mass is 265 g/mol. The molecule has 1 N–H and O–H groups in total. The van der Waals surface area contributed by atoms with Crippen LogP contribution in [0, 0.1) is 0 Å². The molecule has 0 spiro atoms. The van der Waals surface area contributed by atoms with Crippen LogP contribution >= 0.6 is 0 Å². The Hall–Kier alpha value is -1.55. The van der Waals surface area contributed by atoms with Crippen LogP contribution in [0.4, 0.5) is 0 Å². The molecule has 0 aliphatic carbocycles. The molecule has 1 aromatic carbocycles. The number of hydrogen-bond donors (Lipinski definition) is 1. The summed E-state index contributed by atoms with van der Waals surface area (Å²) in [5, 5.41) is 3.05. The van der Waals surface area contributed by atoms with Gasteiger partial charge in [-0.3, -0.25) is 4.79 Å². The van der Waals surface area contributed by atoms with Crippen LogP contribution in [0.25, 0.3) is 0 Å². The quantitative estimate of drug-likeness (QED) is 0.576. The first-order chi connectivity index (χ1) is 9.21. The Morgan fingerprint density at radius 3 is 2.68 bits per heavy atom. The fourth-order valence-electron chi connectivity index (χ4n) is 1.92. The SMILES string of the molecule is CCCc1ccc(CCNCC(=O)OC)cc1OC. The van der Waals surface area contributed by atoms with Crippen molar-refractivity contribution in [3.63, 3.8) is 0 Å². The normalized spacial score (nSPS) is 10.3. The molecular formula is C15H23NO3. The van der Waals surface area contributed by atoms with Gasteiger partial charge in [-0.25, -0.2) is 0 Å². The summed E-state index contributed by atoms with van der Waals surface area (Å²) in [5.74, 6) is 0.711. The Labute approximate surface area is 115 Å². The van der Waals surface area contributed by atoms with Crippen molar-refractivity contribution in [1.29, 1.82) is 0 Å². The third-order valence-electron chi connectivity index (χ3n) is 2.96. The van der Waals surface area contributed by atoms with Crippen molar-refractivity contribution in [1.82, 2.24) is 5.32 Å². The van der Waals surface area contributed by atoms with Crippen LogP contribution < -0.4 is 10.1 Å². The van der Waals surface area contributed by atoms with E-state index >= 15 is 0 Å². The molecule has 4 nitrogen and oxygen atoms in total. The molecule has 0 unspecified atom stereocenters. The lowest BCUT2D eigenvalue weighted by atomic mass is 10.0. The van der Waals surface area contributed by atoms with Gasteiger partial charge in [0.05, 0.1) is 20.8 Å². The first-order valence-corrected chi connectivity index (χ1v) is 6.64. The number of methoxy groups -OCH3 is 2. The minimum absolute atomic E-state index is 0.240. The van der Waals surface area contributed by atoms with Crippen molar-refractivity contribution < 1.29 is 14.3 Å². The van der Waals surface area contributed by atoms with Gasteiger partial charge in [-0.15, -0.1) is 0 Å². The second-order valence-corrected chi connectivity index (χ2v) is 4.40. The number of nitrogens with one attached hydrogen (secondary N) is 1. The Balaban J connectivity index is 2.48. The number of carbonyl (C=O) groups excluding carboxylic acids is 1. The van der Waals surface area contributed by atoms with Gasteiger partial charge in [0.25, 0.3) is 0 Å². The van der Waals surface area contributed by atoms with E-state index in [1.165, 1.54) is 18.2 Å². The number of aryl methyl sites for hydroxylation is 1. The van der Waals surface area contributed by atoms with Crippen LogP contribution in [0.15, 0.2) is 18.2 Å². The van der Waals surface area contributed by atoms with E-state index in [9.17, 15) is 4.79 Å². The van der Waals surface area contributed by atoms with E-state index < -0.39 is 0 Å². The Kier molecular flexibility index (Phi) is 6.97. The average Bonchev–Trinajstić information content (AvgIpc) is 2.44. The summed E-state index contributed by atoms with van der Waals surface area (Å²) in [6.45, 7) is 3.15. The van der Waals surface area contributed by atoms with Gasteiger partial charge in [-0.05, 0) is 36.6 Å². The van der Waals surface area contributed by atoms with Gasteiger partial charge in [0.2, 0.25) is 0 Å². The zero-order valence-electron chi connectivity index (χ0n) is 12.0. The lowest BCUT2D eigenvalue weighted by Crippen LogP contribution is -2.25. The Morgan fingerprint density at radius 1 is 1.26 bits per heavy atom. The summed E-state index contributed by atoms with van der Waals surface area (Å²) < 4.78 is 9.97. The summed E-state index contributed by atoms with van der Waals surface area (Å²) in [6, 6.07) is 6.32. The van der Waals surface area contributed by atoms with E-state index in [-0.39, 0.29) is 12.5 Å². The molecule has 106 valence electrons. The van der Waals surface area contributed by atoms with Crippen LogP contribution in [0.3, 0.4) is 0 Å². The Morgan fingerprint density at radius 2 is 2.05 bits per heavy atom. The first kappa shape index (κ1) is 15.5. The van der Waals surface area contributed by atoms with E-state index in [0.29, 0.717) is 0 Å². The first-order valence-electron chi connectivity index (χ1n) is 6.64. The lowest BCUT2D eigenvalue weighted by Gasteiger charge is -2.10. The number of carbonyl (C=O) groups is 1.